The highest BCUT2D eigenvalue weighted by Crippen LogP contribution is 2.13. The fourth-order valence-electron chi connectivity index (χ4n) is 2.78. The van der Waals surface area contributed by atoms with Gasteiger partial charge in [0.1, 0.15) is 12.7 Å². The number of nitrogens with zero attached hydrogens (tertiary/aromatic N) is 1. The van der Waals surface area contributed by atoms with Crippen LogP contribution in [0.5, 0.6) is 0 Å². The lowest BCUT2D eigenvalue weighted by Gasteiger charge is -2.32. The summed E-state index contributed by atoms with van der Waals surface area (Å²) in [6, 6.07) is 10.4. The summed E-state index contributed by atoms with van der Waals surface area (Å²) in [5, 5.41) is 0. The summed E-state index contributed by atoms with van der Waals surface area (Å²) in [6.07, 6.45) is 1.65. The van der Waals surface area contributed by atoms with Gasteiger partial charge in [0.25, 0.3) is 0 Å². The first-order chi connectivity index (χ1) is 10.7. The highest BCUT2D eigenvalue weighted by atomic mass is 16.6. The summed E-state index contributed by atoms with van der Waals surface area (Å²) in [4.78, 5) is 14.3. The molecule has 0 aliphatic carbocycles. The second-order valence-electron chi connectivity index (χ2n) is 5.86. The summed E-state index contributed by atoms with van der Waals surface area (Å²) < 4.78 is 11.2. The van der Waals surface area contributed by atoms with Gasteiger partial charge in [0.15, 0.2) is 0 Å². The van der Waals surface area contributed by atoms with Crippen LogP contribution in [-0.2, 0) is 20.8 Å². The van der Waals surface area contributed by atoms with Gasteiger partial charge < -0.3 is 9.47 Å². The average Bonchev–Trinajstić information content (AvgIpc) is 2.55. The normalized spacial score (nSPS) is 19.3. The second-order valence-corrected chi connectivity index (χ2v) is 5.86. The van der Waals surface area contributed by atoms with E-state index in [0.717, 1.165) is 32.5 Å². The van der Waals surface area contributed by atoms with Crippen molar-refractivity contribution in [2.75, 3.05) is 26.3 Å². The molecule has 0 aromatic heterocycles. The smallest absolute Gasteiger partial charge is 0.308 e. The van der Waals surface area contributed by atoms with Gasteiger partial charge in [-0.2, -0.15) is 0 Å². The van der Waals surface area contributed by atoms with Crippen molar-refractivity contribution in [2.45, 2.75) is 39.3 Å². The third-order valence-corrected chi connectivity index (χ3v) is 4.20. The minimum Gasteiger partial charge on any atom is -0.463 e. The maximum absolute atomic E-state index is 11.9. The molecule has 2 rings (SSSR count). The van der Waals surface area contributed by atoms with Crippen molar-refractivity contribution in [3.63, 3.8) is 0 Å². The van der Waals surface area contributed by atoms with Crippen molar-refractivity contribution in [3.8, 4) is 0 Å². The average molecular weight is 305 g/mol. The SMILES string of the molecule is CCC(CC)C(=O)OCC1CN(Cc2ccccc2)CCO1. The number of rotatable bonds is 7. The van der Waals surface area contributed by atoms with Crippen molar-refractivity contribution < 1.29 is 14.3 Å². The largest absolute Gasteiger partial charge is 0.463 e. The van der Waals surface area contributed by atoms with E-state index in [2.05, 4.69) is 29.2 Å². The predicted molar refractivity (Wildman–Crippen MR) is 86.5 cm³/mol. The molecule has 1 unspecified atom stereocenters. The van der Waals surface area contributed by atoms with Gasteiger partial charge in [-0.05, 0) is 18.4 Å². The Kier molecular flexibility index (Phi) is 6.87. The number of hydrogen-bond donors (Lipinski definition) is 0. The zero-order valence-corrected chi connectivity index (χ0v) is 13.7. The number of morpholine rings is 1. The zero-order chi connectivity index (χ0) is 15.8. The molecular weight excluding hydrogens is 278 g/mol. The summed E-state index contributed by atoms with van der Waals surface area (Å²) in [5.41, 5.74) is 1.30. The van der Waals surface area contributed by atoms with Crippen LogP contribution in [0.25, 0.3) is 0 Å². The summed E-state index contributed by atoms with van der Waals surface area (Å²) >= 11 is 0. The molecule has 122 valence electrons. The number of esters is 1. The molecular formula is C18H27NO3. The zero-order valence-electron chi connectivity index (χ0n) is 13.7. The Bertz CT molecular complexity index is 445. The fraction of sp³-hybridized carbons (Fsp3) is 0.611. The topological polar surface area (TPSA) is 38.8 Å². The van der Waals surface area contributed by atoms with E-state index >= 15 is 0 Å². The summed E-state index contributed by atoms with van der Waals surface area (Å²) in [5.74, 6) is -0.0715. The molecule has 1 atom stereocenters. The van der Waals surface area contributed by atoms with Crippen LogP contribution >= 0.6 is 0 Å². The van der Waals surface area contributed by atoms with Gasteiger partial charge in [-0.15, -0.1) is 0 Å². The standard InChI is InChI=1S/C18H27NO3/c1-3-16(4-2)18(20)22-14-17-13-19(10-11-21-17)12-15-8-6-5-7-9-15/h5-9,16-17H,3-4,10-14H2,1-2H3. The second kappa shape index (κ2) is 8.91. The third kappa shape index (κ3) is 5.11. The number of hydrogen-bond acceptors (Lipinski definition) is 4. The lowest BCUT2D eigenvalue weighted by atomic mass is 10.0. The first-order valence-electron chi connectivity index (χ1n) is 8.27. The minimum absolute atomic E-state index is 0.0176. The van der Waals surface area contributed by atoms with Crippen LogP contribution in [0, 0.1) is 5.92 Å². The van der Waals surface area contributed by atoms with Crippen LogP contribution in [0.1, 0.15) is 32.3 Å². The summed E-state index contributed by atoms with van der Waals surface area (Å²) in [7, 11) is 0. The van der Waals surface area contributed by atoms with Gasteiger partial charge in [-0.3, -0.25) is 9.69 Å². The van der Waals surface area contributed by atoms with Gasteiger partial charge >= 0.3 is 5.97 Å². The van der Waals surface area contributed by atoms with Crippen molar-refractivity contribution in [1.82, 2.24) is 4.90 Å². The molecule has 1 aliphatic rings. The van der Waals surface area contributed by atoms with Gasteiger partial charge in [-0.1, -0.05) is 44.2 Å². The van der Waals surface area contributed by atoms with Crippen molar-refractivity contribution in [2.24, 2.45) is 5.92 Å². The molecule has 1 aromatic carbocycles. The van der Waals surface area contributed by atoms with Gasteiger partial charge in [0.05, 0.1) is 12.5 Å². The van der Waals surface area contributed by atoms with Gasteiger partial charge in [0, 0.05) is 19.6 Å². The number of carbonyl (C=O) groups is 1. The maximum Gasteiger partial charge on any atom is 0.308 e. The van der Waals surface area contributed by atoms with Crippen molar-refractivity contribution in [3.05, 3.63) is 35.9 Å². The highest BCUT2D eigenvalue weighted by molar-refractivity contribution is 5.72. The summed E-state index contributed by atoms with van der Waals surface area (Å²) in [6.45, 7) is 7.75. The van der Waals surface area contributed by atoms with E-state index in [0.29, 0.717) is 13.2 Å². The Labute approximate surface area is 133 Å². The molecule has 4 nitrogen and oxygen atoms in total. The lowest BCUT2D eigenvalue weighted by Crippen LogP contribution is -2.44. The molecule has 0 spiro atoms. The molecule has 22 heavy (non-hydrogen) atoms. The molecule has 0 N–H and O–H groups in total. The van der Waals surface area contributed by atoms with E-state index in [1.54, 1.807) is 0 Å². The van der Waals surface area contributed by atoms with Crippen LogP contribution in [0.15, 0.2) is 30.3 Å². The Morgan fingerprint density at radius 3 is 2.73 bits per heavy atom. The van der Waals surface area contributed by atoms with E-state index in [-0.39, 0.29) is 18.0 Å². The van der Waals surface area contributed by atoms with Crippen LogP contribution in [-0.4, -0.2) is 43.3 Å². The van der Waals surface area contributed by atoms with E-state index in [4.69, 9.17) is 9.47 Å². The lowest BCUT2D eigenvalue weighted by molar-refractivity contribution is -0.155. The number of benzene rings is 1. The Morgan fingerprint density at radius 2 is 2.05 bits per heavy atom. The van der Waals surface area contributed by atoms with Crippen molar-refractivity contribution in [1.29, 1.82) is 0 Å². The van der Waals surface area contributed by atoms with Crippen LogP contribution in [0.2, 0.25) is 0 Å². The third-order valence-electron chi connectivity index (χ3n) is 4.20. The molecule has 4 heteroatoms. The molecule has 1 aliphatic heterocycles. The molecule has 0 bridgehead atoms. The van der Waals surface area contributed by atoms with E-state index in [1.165, 1.54) is 5.56 Å². The molecule has 1 fully saturated rings. The van der Waals surface area contributed by atoms with Gasteiger partial charge in [-0.25, -0.2) is 0 Å². The van der Waals surface area contributed by atoms with Crippen molar-refractivity contribution >= 4 is 5.97 Å². The molecule has 1 aromatic rings. The van der Waals surface area contributed by atoms with Gasteiger partial charge in [0.2, 0.25) is 0 Å². The maximum atomic E-state index is 11.9. The Morgan fingerprint density at radius 1 is 1.32 bits per heavy atom. The molecule has 0 saturated carbocycles. The molecule has 1 saturated heterocycles. The molecule has 0 radical (unpaired) electrons. The highest BCUT2D eigenvalue weighted by Gasteiger charge is 2.23. The first-order valence-corrected chi connectivity index (χ1v) is 8.27. The first kappa shape index (κ1) is 17.0. The molecule has 0 amide bonds. The minimum atomic E-state index is -0.0891. The van der Waals surface area contributed by atoms with Crippen LogP contribution in [0.3, 0.4) is 0 Å². The Balaban J connectivity index is 1.77. The number of ether oxygens (including phenoxy) is 2. The van der Waals surface area contributed by atoms with E-state index in [9.17, 15) is 4.79 Å². The molecule has 1 heterocycles. The Hall–Kier alpha value is -1.39. The fourth-order valence-corrected chi connectivity index (χ4v) is 2.78. The quantitative estimate of drug-likeness (QED) is 0.726. The number of carbonyl (C=O) groups excluding carboxylic acids is 1. The van der Waals surface area contributed by atoms with E-state index in [1.807, 2.05) is 19.9 Å². The monoisotopic (exact) mass is 305 g/mol. The van der Waals surface area contributed by atoms with Crippen LogP contribution < -0.4 is 0 Å². The van der Waals surface area contributed by atoms with Crippen LogP contribution in [0.4, 0.5) is 0 Å². The predicted octanol–water partition coefficient (Wildman–Crippen LogP) is 2.87. The van der Waals surface area contributed by atoms with E-state index < -0.39 is 0 Å².